The number of fused-ring (bicyclic) bond motifs is 2. The van der Waals surface area contributed by atoms with Crippen molar-refractivity contribution in [1.82, 2.24) is 0 Å². The summed E-state index contributed by atoms with van der Waals surface area (Å²) in [4.78, 5) is 63.7. The van der Waals surface area contributed by atoms with E-state index >= 15 is 0 Å². The van der Waals surface area contributed by atoms with Gasteiger partial charge in [0.1, 0.15) is 12.1 Å². The quantitative estimate of drug-likeness (QED) is 0.453. The number of benzene rings is 2. The number of anilines is 2. The Morgan fingerprint density at radius 1 is 0.556 bits per heavy atom. The average Bonchev–Trinajstić information content (AvgIpc) is 3.39. The molecule has 0 fully saturated rings. The molecule has 0 aliphatic carbocycles. The minimum atomic E-state index is -1.22. The number of hydrogen-bond acceptors (Lipinski definition) is 4. The number of amides is 2. The van der Waals surface area contributed by atoms with E-state index in [0.717, 1.165) is 0 Å². The molecule has 0 saturated carbocycles. The highest BCUT2D eigenvalue weighted by Crippen LogP contribution is 2.42. The summed E-state index contributed by atoms with van der Waals surface area (Å²) < 4.78 is 0. The van der Waals surface area contributed by atoms with E-state index in [1.807, 2.05) is 0 Å². The number of nitrogens with one attached hydrogen (secondary N) is 2. The van der Waals surface area contributed by atoms with Crippen LogP contribution in [0.15, 0.2) is 97.6 Å². The Morgan fingerprint density at radius 3 is 1.31 bits per heavy atom. The first-order chi connectivity index (χ1) is 17.6. The molecule has 2 N–H and O–H groups in total. The average molecular weight is 476 g/mol. The SMILES string of the molecule is O=C1c2ccccc2N(C(=O)c2cc[nH+]cc2)C1C1C(=O)c2ccccc2N1C(=O)c1cc[nH+]cc1. The van der Waals surface area contributed by atoms with E-state index in [9.17, 15) is 19.2 Å². The summed E-state index contributed by atoms with van der Waals surface area (Å²) >= 11 is 0. The molecular formula is C28H20N4O4+2. The largest absolute Gasteiger partial charge is 0.294 e. The van der Waals surface area contributed by atoms with Gasteiger partial charge in [-0.2, -0.15) is 0 Å². The Balaban J connectivity index is 1.53. The molecule has 8 nitrogen and oxygen atoms in total. The van der Waals surface area contributed by atoms with Crippen LogP contribution in [0.2, 0.25) is 0 Å². The second-order valence-electron chi connectivity index (χ2n) is 8.58. The van der Waals surface area contributed by atoms with Crippen molar-refractivity contribution < 1.29 is 29.1 Å². The lowest BCUT2D eigenvalue weighted by atomic mass is 9.96. The summed E-state index contributed by atoms with van der Waals surface area (Å²) in [5.41, 5.74) is 2.20. The molecule has 2 aromatic carbocycles. The highest BCUT2D eigenvalue weighted by molar-refractivity contribution is 6.28. The second kappa shape index (κ2) is 8.35. The van der Waals surface area contributed by atoms with Crippen molar-refractivity contribution in [2.75, 3.05) is 9.80 Å². The molecule has 2 aliphatic rings. The van der Waals surface area contributed by atoms with Gasteiger partial charge in [0.25, 0.3) is 11.8 Å². The molecule has 2 unspecified atom stereocenters. The molecule has 36 heavy (non-hydrogen) atoms. The van der Waals surface area contributed by atoms with Gasteiger partial charge in [0, 0.05) is 35.4 Å². The summed E-state index contributed by atoms with van der Waals surface area (Å²) in [5, 5.41) is 0. The van der Waals surface area contributed by atoms with Gasteiger partial charge in [-0.25, -0.2) is 9.97 Å². The first-order valence-corrected chi connectivity index (χ1v) is 11.4. The van der Waals surface area contributed by atoms with Crippen LogP contribution < -0.4 is 19.8 Å². The van der Waals surface area contributed by atoms with E-state index in [1.165, 1.54) is 9.80 Å². The van der Waals surface area contributed by atoms with Crippen molar-refractivity contribution in [3.8, 4) is 0 Å². The zero-order valence-electron chi connectivity index (χ0n) is 18.9. The van der Waals surface area contributed by atoms with Gasteiger partial charge in [0.15, 0.2) is 36.4 Å². The minimum Gasteiger partial charge on any atom is -0.294 e. The maximum Gasteiger partial charge on any atom is 0.259 e. The Kier molecular flexibility index (Phi) is 5.00. The van der Waals surface area contributed by atoms with Crippen LogP contribution in [0, 0.1) is 0 Å². The summed E-state index contributed by atoms with van der Waals surface area (Å²) in [6.45, 7) is 0. The van der Waals surface area contributed by atoms with Crippen LogP contribution in [0.3, 0.4) is 0 Å². The molecule has 4 aromatic rings. The molecule has 2 amide bonds. The fraction of sp³-hybridized carbons (Fsp3) is 0.0714. The topological polar surface area (TPSA) is 103 Å². The van der Waals surface area contributed by atoms with Crippen LogP contribution in [0.25, 0.3) is 0 Å². The molecule has 8 heteroatoms. The van der Waals surface area contributed by atoms with E-state index < -0.39 is 23.9 Å². The maximum atomic E-state index is 13.8. The van der Waals surface area contributed by atoms with E-state index in [0.29, 0.717) is 33.6 Å². The van der Waals surface area contributed by atoms with Gasteiger partial charge in [0.2, 0.25) is 0 Å². The zero-order valence-corrected chi connectivity index (χ0v) is 18.9. The van der Waals surface area contributed by atoms with Crippen molar-refractivity contribution >= 4 is 34.8 Å². The fourth-order valence-electron chi connectivity index (χ4n) is 5.01. The Labute approximate surface area is 205 Å². The van der Waals surface area contributed by atoms with Crippen LogP contribution in [0.5, 0.6) is 0 Å². The molecule has 0 saturated heterocycles. The van der Waals surface area contributed by atoms with Gasteiger partial charge in [-0.05, 0) is 24.3 Å². The first kappa shape index (κ1) is 21.5. The van der Waals surface area contributed by atoms with Crippen molar-refractivity contribution in [1.29, 1.82) is 0 Å². The van der Waals surface area contributed by atoms with Crippen LogP contribution in [0.1, 0.15) is 41.4 Å². The number of H-pyrrole nitrogens is 2. The summed E-state index contributed by atoms with van der Waals surface area (Å²) in [6, 6.07) is 17.6. The third-order valence-corrected chi connectivity index (χ3v) is 6.62. The summed E-state index contributed by atoms with van der Waals surface area (Å²) in [7, 11) is 0. The van der Waals surface area contributed by atoms with Gasteiger partial charge in [0.05, 0.1) is 22.5 Å². The molecule has 2 atom stereocenters. The van der Waals surface area contributed by atoms with Crippen molar-refractivity contribution in [3.63, 3.8) is 0 Å². The Morgan fingerprint density at radius 2 is 0.917 bits per heavy atom. The molecule has 4 heterocycles. The normalized spacial score (nSPS) is 18.2. The van der Waals surface area contributed by atoms with Crippen LogP contribution in [0.4, 0.5) is 11.4 Å². The number of carbonyl (C=O) groups is 4. The number of hydrogen-bond donors (Lipinski definition) is 0. The lowest BCUT2D eigenvalue weighted by Gasteiger charge is -2.33. The van der Waals surface area contributed by atoms with Crippen LogP contribution in [-0.4, -0.2) is 35.5 Å². The number of aromatic nitrogens is 2. The minimum absolute atomic E-state index is 0.337. The van der Waals surface area contributed by atoms with E-state index in [-0.39, 0.29) is 11.6 Å². The molecular weight excluding hydrogens is 456 g/mol. The number of Topliss-reactive ketones (excluding diaryl/α,β-unsaturated/α-hetero) is 2. The van der Waals surface area contributed by atoms with Gasteiger partial charge in [-0.15, -0.1) is 0 Å². The molecule has 0 bridgehead atoms. The molecule has 6 rings (SSSR count). The van der Waals surface area contributed by atoms with Gasteiger partial charge in [-0.3, -0.25) is 29.0 Å². The molecule has 2 aliphatic heterocycles. The standard InChI is InChI=1S/C28H18N4O4/c33-25-19-5-1-3-7-21(19)31(27(35)17-9-13-29-14-10-17)23(25)24-26(34)20-6-2-4-8-22(20)32(24)28(36)18-11-15-30-16-12-18/h1-16,23-24H/p+2. The number of aromatic amines is 2. The van der Waals surface area contributed by atoms with Crippen LogP contribution in [-0.2, 0) is 0 Å². The first-order valence-electron chi connectivity index (χ1n) is 11.4. The van der Waals surface area contributed by atoms with Gasteiger partial charge >= 0.3 is 0 Å². The second-order valence-corrected chi connectivity index (χ2v) is 8.58. The number of pyridine rings is 2. The van der Waals surface area contributed by atoms with Crippen LogP contribution >= 0.6 is 0 Å². The number of carbonyl (C=O) groups excluding carboxylic acids is 4. The fourth-order valence-corrected chi connectivity index (χ4v) is 5.01. The van der Waals surface area contributed by atoms with Gasteiger partial charge in [-0.1, -0.05) is 24.3 Å². The molecule has 174 valence electrons. The lowest BCUT2D eigenvalue weighted by molar-refractivity contribution is -0.378. The number of ketones is 2. The highest BCUT2D eigenvalue weighted by atomic mass is 16.2. The molecule has 0 spiro atoms. The van der Waals surface area contributed by atoms with Crippen molar-refractivity contribution in [2.24, 2.45) is 0 Å². The van der Waals surface area contributed by atoms with Crippen molar-refractivity contribution in [2.45, 2.75) is 12.1 Å². The maximum absolute atomic E-state index is 13.8. The number of rotatable bonds is 3. The number of para-hydroxylation sites is 2. The molecule has 2 aromatic heterocycles. The zero-order chi connectivity index (χ0) is 24.8. The van der Waals surface area contributed by atoms with E-state index in [1.54, 1.807) is 97.6 Å². The summed E-state index contributed by atoms with van der Waals surface area (Å²) in [5.74, 6) is -1.63. The number of nitrogens with zero attached hydrogens (tertiary/aromatic N) is 2. The third-order valence-electron chi connectivity index (χ3n) is 6.62. The molecule has 0 radical (unpaired) electrons. The Hall–Kier alpha value is -4.98. The predicted octanol–water partition coefficient (Wildman–Crippen LogP) is 2.44. The van der Waals surface area contributed by atoms with E-state index in [4.69, 9.17) is 0 Å². The third kappa shape index (κ3) is 3.15. The van der Waals surface area contributed by atoms with E-state index in [2.05, 4.69) is 9.97 Å². The summed E-state index contributed by atoms with van der Waals surface area (Å²) in [6.07, 6.45) is 6.46. The van der Waals surface area contributed by atoms with Crippen molar-refractivity contribution in [3.05, 3.63) is 120 Å². The Bertz CT molecular complexity index is 1420. The monoisotopic (exact) mass is 476 g/mol. The smallest absolute Gasteiger partial charge is 0.259 e. The van der Waals surface area contributed by atoms with Gasteiger partial charge < -0.3 is 0 Å². The predicted molar refractivity (Wildman–Crippen MR) is 129 cm³/mol. The lowest BCUT2D eigenvalue weighted by Crippen LogP contribution is -2.57. The highest BCUT2D eigenvalue weighted by Gasteiger charge is 2.54.